The van der Waals surface area contributed by atoms with Crippen LogP contribution in [-0.4, -0.2) is 12.6 Å². The molecule has 0 unspecified atom stereocenters. The number of nitrogens with one attached hydrogen (secondary N) is 1. The van der Waals surface area contributed by atoms with Crippen LogP contribution in [0.2, 0.25) is 0 Å². The van der Waals surface area contributed by atoms with E-state index in [1.807, 2.05) is 0 Å². The lowest BCUT2D eigenvalue weighted by molar-refractivity contribution is 0.00536. The molecule has 1 aliphatic carbocycles. The van der Waals surface area contributed by atoms with Gasteiger partial charge in [-0.2, -0.15) is 5.48 Å². The predicted molar refractivity (Wildman–Crippen MR) is 55.5 cm³/mol. The van der Waals surface area contributed by atoms with Crippen molar-refractivity contribution in [1.82, 2.24) is 5.48 Å². The van der Waals surface area contributed by atoms with E-state index in [9.17, 15) is 0 Å². The van der Waals surface area contributed by atoms with E-state index in [1.54, 1.807) is 0 Å². The van der Waals surface area contributed by atoms with Crippen LogP contribution < -0.4 is 5.48 Å². The average Bonchev–Trinajstić information content (AvgIpc) is 2.19. The van der Waals surface area contributed by atoms with Gasteiger partial charge in [-0.25, -0.2) is 0 Å². The molecule has 2 nitrogen and oxygen atoms in total. The van der Waals surface area contributed by atoms with Crippen LogP contribution in [-0.2, 0) is 4.84 Å². The van der Waals surface area contributed by atoms with E-state index in [-0.39, 0.29) is 0 Å². The molecule has 0 spiro atoms. The van der Waals surface area contributed by atoms with Gasteiger partial charge < -0.3 is 4.84 Å². The molecule has 0 saturated heterocycles. The summed E-state index contributed by atoms with van der Waals surface area (Å²) in [7, 11) is 0. The second-order valence-electron chi connectivity index (χ2n) is 4.01. The van der Waals surface area contributed by atoms with E-state index in [4.69, 9.17) is 4.84 Å². The molecular weight excluding hydrogens is 162 g/mol. The Kier molecular flexibility index (Phi) is 6.21. The van der Waals surface area contributed by atoms with Gasteiger partial charge in [0.1, 0.15) is 0 Å². The summed E-state index contributed by atoms with van der Waals surface area (Å²) in [5.41, 5.74) is 3.18. The Balaban J connectivity index is 1.86. The third kappa shape index (κ3) is 5.27. The summed E-state index contributed by atoms with van der Waals surface area (Å²) >= 11 is 0. The van der Waals surface area contributed by atoms with Crippen LogP contribution in [0.3, 0.4) is 0 Å². The third-order valence-electron chi connectivity index (χ3n) is 2.71. The molecule has 0 heterocycles. The Morgan fingerprint density at radius 2 is 1.92 bits per heavy atom. The molecule has 0 aromatic heterocycles. The molecule has 0 atom stereocenters. The first-order valence-corrected chi connectivity index (χ1v) is 5.81. The minimum absolute atomic E-state index is 0.635. The highest BCUT2D eigenvalue weighted by molar-refractivity contribution is 4.67. The molecule has 78 valence electrons. The van der Waals surface area contributed by atoms with Crippen LogP contribution in [0.25, 0.3) is 0 Å². The Morgan fingerprint density at radius 3 is 2.62 bits per heavy atom. The van der Waals surface area contributed by atoms with Crippen LogP contribution in [0.15, 0.2) is 0 Å². The van der Waals surface area contributed by atoms with Gasteiger partial charge >= 0.3 is 0 Å². The maximum atomic E-state index is 5.43. The first kappa shape index (κ1) is 11.0. The summed E-state index contributed by atoms with van der Waals surface area (Å²) in [6, 6.07) is 0.635. The predicted octanol–water partition coefficient (Wildman–Crippen LogP) is 3.03. The number of rotatable bonds is 6. The maximum Gasteiger partial charge on any atom is 0.0682 e. The minimum Gasteiger partial charge on any atom is -0.302 e. The first-order chi connectivity index (χ1) is 6.43. The molecule has 1 fully saturated rings. The molecule has 1 saturated carbocycles. The number of hydrogen-bond acceptors (Lipinski definition) is 2. The van der Waals surface area contributed by atoms with Gasteiger partial charge in [-0.3, -0.25) is 0 Å². The summed E-state index contributed by atoms with van der Waals surface area (Å²) in [6.07, 6.45) is 10.5. The molecule has 0 aromatic carbocycles. The van der Waals surface area contributed by atoms with Crippen LogP contribution in [0, 0.1) is 0 Å². The first-order valence-electron chi connectivity index (χ1n) is 5.81. The van der Waals surface area contributed by atoms with Crippen molar-refractivity contribution >= 4 is 0 Å². The summed E-state index contributed by atoms with van der Waals surface area (Å²) in [5.74, 6) is 0. The fraction of sp³-hybridized carbons (Fsp3) is 1.00. The van der Waals surface area contributed by atoms with Crippen molar-refractivity contribution in [2.75, 3.05) is 6.61 Å². The number of hydroxylamine groups is 1. The lowest BCUT2D eigenvalue weighted by Gasteiger charge is -2.22. The highest BCUT2D eigenvalue weighted by Gasteiger charge is 2.12. The van der Waals surface area contributed by atoms with E-state index in [1.165, 1.54) is 51.4 Å². The van der Waals surface area contributed by atoms with E-state index >= 15 is 0 Å². The van der Waals surface area contributed by atoms with Gasteiger partial charge in [0.15, 0.2) is 0 Å². The van der Waals surface area contributed by atoms with Gasteiger partial charge in [-0.1, -0.05) is 39.0 Å². The largest absolute Gasteiger partial charge is 0.302 e. The zero-order valence-corrected chi connectivity index (χ0v) is 8.85. The third-order valence-corrected chi connectivity index (χ3v) is 2.71. The van der Waals surface area contributed by atoms with E-state index in [0.717, 1.165) is 6.61 Å². The number of unbranched alkanes of at least 4 members (excludes halogenated alkanes) is 2. The Bertz CT molecular complexity index is 111. The molecule has 1 aliphatic rings. The Labute approximate surface area is 82.0 Å². The van der Waals surface area contributed by atoms with Crippen molar-refractivity contribution in [3.8, 4) is 0 Å². The standard InChI is InChI=1S/C11H23NO/c1-2-3-7-10-13-12-11-8-5-4-6-9-11/h11-12H,2-10H2,1H3. The van der Waals surface area contributed by atoms with Crippen LogP contribution in [0.5, 0.6) is 0 Å². The van der Waals surface area contributed by atoms with E-state index in [2.05, 4.69) is 12.4 Å². The fourth-order valence-electron chi connectivity index (χ4n) is 1.82. The molecule has 2 heteroatoms. The highest BCUT2D eigenvalue weighted by Crippen LogP contribution is 2.17. The Morgan fingerprint density at radius 1 is 1.15 bits per heavy atom. The fourth-order valence-corrected chi connectivity index (χ4v) is 1.82. The lowest BCUT2D eigenvalue weighted by atomic mass is 9.96. The summed E-state index contributed by atoms with van der Waals surface area (Å²) in [5, 5.41) is 0. The van der Waals surface area contributed by atoms with Crippen LogP contribution in [0.1, 0.15) is 58.3 Å². The van der Waals surface area contributed by atoms with Crippen molar-refractivity contribution in [3.63, 3.8) is 0 Å². The molecular formula is C11H23NO. The second-order valence-corrected chi connectivity index (χ2v) is 4.01. The molecule has 0 aliphatic heterocycles. The Hall–Kier alpha value is -0.0800. The van der Waals surface area contributed by atoms with Gasteiger partial charge in [0, 0.05) is 6.04 Å². The van der Waals surface area contributed by atoms with Crippen molar-refractivity contribution < 1.29 is 4.84 Å². The quantitative estimate of drug-likeness (QED) is 0.507. The highest BCUT2D eigenvalue weighted by atomic mass is 16.6. The maximum absolute atomic E-state index is 5.43. The van der Waals surface area contributed by atoms with Crippen LogP contribution in [0.4, 0.5) is 0 Å². The van der Waals surface area contributed by atoms with E-state index in [0.29, 0.717) is 6.04 Å². The van der Waals surface area contributed by atoms with Crippen molar-refractivity contribution in [1.29, 1.82) is 0 Å². The van der Waals surface area contributed by atoms with E-state index < -0.39 is 0 Å². The molecule has 0 radical (unpaired) electrons. The molecule has 0 bridgehead atoms. The van der Waals surface area contributed by atoms with Gasteiger partial charge in [0.2, 0.25) is 0 Å². The number of hydrogen-bond donors (Lipinski definition) is 1. The van der Waals surface area contributed by atoms with Gasteiger partial charge in [0.25, 0.3) is 0 Å². The summed E-state index contributed by atoms with van der Waals surface area (Å²) < 4.78 is 0. The normalized spacial score (nSPS) is 19.2. The minimum atomic E-state index is 0.635. The SMILES string of the molecule is CCCCCONC1CCCCC1. The zero-order chi connectivity index (χ0) is 9.36. The average molecular weight is 185 g/mol. The monoisotopic (exact) mass is 185 g/mol. The van der Waals surface area contributed by atoms with Crippen molar-refractivity contribution in [2.45, 2.75) is 64.3 Å². The molecule has 0 amide bonds. The van der Waals surface area contributed by atoms with Gasteiger partial charge in [0.05, 0.1) is 6.61 Å². The topological polar surface area (TPSA) is 21.3 Å². The zero-order valence-electron chi connectivity index (χ0n) is 8.85. The molecule has 13 heavy (non-hydrogen) atoms. The van der Waals surface area contributed by atoms with Gasteiger partial charge in [-0.15, -0.1) is 0 Å². The van der Waals surface area contributed by atoms with Crippen molar-refractivity contribution in [2.24, 2.45) is 0 Å². The molecule has 1 rings (SSSR count). The van der Waals surface area contributed by atoms with Crippen molar-refractivity contribution in [3.05, 3.63) is 0 Å². The molecule has 1 N–H and O–H groups in total. The summed E-state index contributed by atoms with van der Waals surface area (Å²) in [4.78, 5) is 5.43. The second kappa shape index (κ2) is 7.34. The smallest absolute Gasteiger partial charge is 0.0682 e. The van der Waals surface area contributed by atoms with Crippen LogP contribution >= 0.6 is 0 Å². The van der Waals surface area contributed by atoms with Gasteiger partial charge in [-0.05, 0) is 19.3 Å². The molecule has 0 aromatic rings. The lowest BCUT2D eigenvalue weighted by Crippen LogP contribution is -2.31. The summed E-state index contributed by atoms with van der Waals surface area (Å²) in [6.45, 7) is 3.10.